The van der Waals surface area contributed by atoms with Gasteiger partial charge in [0.15, 0.2) is 0 Å². The van der Waals surface area contributed by atoms with Gasteiger partial charge in [0.1, 0.15) is 6.04 Å². The van der Waals surface area contributed by atoms with E-state index in [9.17, 15) is 32.8 Å². The molecular formula is C22H20F2N4O5. The van der Waals surface area contributed by atoms with Gasteiger partial charge in [-0.3, -0.25) is 29.3 Å². The summed E-state index contributed by atoms with van der Waals surface area (Å²) < 4.78 is 30.0. The second-order valence-electron chi connectivity index (χ2n) is 8.02. The first kappa shape index (κ1) is 22.3. The van der Waals surface area contributed by atoms with E-state index in [0.717, 1.165) is 22.9 Å². The van der Waals surface area contributed by atoms with Crippen LogP contribution in [-0.2, 0) is 40.4 Å². The number of carbonyl (C=O) groups excluding carboxylic acids is 4. The van der Waals surface area contributed by atoms with Crippen LogP contribution >= 0.6 is 0 Å². The number of fused-ring (bicyclic) bond motifs is 1. The second-order valence-corrected chi connectivity index (χ2v) is 8.02. The number of piperidine rings is 1. The predicted octanol–water partition coefficient (Wildman–Crippen LogP) is 0.554. The molecule has 2 aliphatic rings. The monoisotopic (exact) mass is 458 g/mol. The maximum atomic E-state index is 14.5. The van der Waals surface area contributed by atoms with Gasteiger partial charge in [0.05, 0.1) is 0 Å². The maximum Gasteiger partial charge on any atom is 0.351 e. The van der Waals surface area contributed by atoms with Gasteiger partial charge in [0, 0.05) is 49.9 Å². The number of benzene rings is 1. The van der Waals surface area contributed by atoms with Crippen molar-refractivity contribution in [2.24, 2.45) is 7.05 Å². The first-order valence-electron chi connectivity index (χ1n) is 10.2. The number of imide groups is 1. The van der Waals surface area contributed by atoms with Gasteiger partial charge in [0.25, 0.3) is 11.8 Å². The fourth-order valence-corrected chi connectivity index (χ4v) is 3.94. The minimum absolute atomic E-state index is 0.135. The lowest BCUT2D eigenvalue weighted by Crippen LogP contribution is -2.52. The quantitative estimate of drug-likeness (QED) is 0.635. The minimum Gasteiger partial charge on any atom is -0.346 e. The zero-order chi connectivity index (χ0) is 23.9. The third kappa shape index (κ3) is 4.13. The van der Waals surface area contributed by atoms with Crippen molar-refractivity contribution >= 4 is 23.6 Å². The van der Waals surface area contributed by atoms with Gasteiger partial charge in [0.2, 0.25) is 17.4 Å². The Morgan fingerprint density at radius 3 is 2.64 bits per heavy atom. The minimum atomic E-state index is -3.85. The number of nitrogens with zero attached hydrogens (tertiary/aromatic N) is 2. The van der Waals surface area contributed by atoms with Crippen molar-refractivity contribution in [1.82, 2.24) is 20.1 Å². The molecule has 2 aliphatic heterocycles. The topological polar surface area (TPSA) is 118 Å². The van der Waals surface area contributed by atoms with Gasteiger partial charge < -0.3 is 14.8 Å². The largest absolute Gasteiger partial charge is 0.351 e. The lowest BCUT2D eigenvalue weighted by atomic mass is 10.0. The number of pyridine rings is 1. The smallest absolute Gasteiger partial charge is 0.346 e. The van der Waals surface area contributed by atoms with Gasteiger partial charge in [-0.15, -0.1) is 0 Å². The molecule has 2 aromatic rings. The molecule has 11 heteroatoms. The molecule has 3 heterocycles. The number of aromatic nitrogens is 1. The van der Waals surface area contributed by atoms with Crippen molar-refractivity contribution in [3.05, 3.63) is 69.1 Å². The lowest BCUT2D eigenvalue weighted by Gasteiger charge is -2.29. The molecule has 0 spiro atoms. The van der Waals surface area contributed by atoms with E-state index in [4.69, 9.17) is 0 Å². The number of hydrogen-bond donors (Lipinski definition) is 2. The molecule has 0 bridgehead atoms. The zero-order valence-corrected chi connectivity index (χ0v) is 17.6. The Hall–Kier alpha value is -3.89. The Morgan fingerprint density at radius 2 is 1.94 bits per heavy atom. The number of alkyl halides is 2. The number of rotatable bonds is 5. The van der Waals surface area contributed by atoms with Gasteiger partial charge >= 0.3 is 5.92 Å². The zero-order valence-electron chi connectivity index (χ0n) is 17.6. The molecule has 172 valence electrons. The van der Waals surface area contributed by atoms with Gasteiger partial charge in [-0.1, -0.05) is 12.1 Å². The van der Waals surface area contributed by atoms with Crippen LogP contribution in [-0.4, -0.2) is 39.1 Å². The average molecular weight is 458 g/mol. The third-order valence-electron chi connectivity index (χ3n) is 5.77. The van der Waals surface area contributed by atoms with Crippen molar-refractivity contribution in [3.63, 3.8) is 0 Å². The van der Waals surface area contributed by atoms with Crippen LogP contribution in [0.4, 0.5) is 8.78 Å². The van der Waals surface area contributed by atoms with Crippen LogP contribution in [0.3, 0.4) is 0 Å². The first-order chi connectivity index (χ1) is 15.6. The van der Waals surface area contributed by atoms with Crippen molar-refractivity contribution in [3.8, 4) is 0 Å². The van der Waals surface area contributed by atoms with Gasteiger partial charge in [-0.2, -0.15) is 8.78 Å². The molecule has 0 aliphatic carbocycles. The van der Waals surface area contributed by atoms with E-state index in [2.05, 4.69) is 10.6 Å². The van der Waals surface area contributed by atoms with Crippen molar-refractivity contribution in [2.75, 3.05) is 0 Å². The highest BCUT2D eigenvalue weighted by atomic mass is 19.3. The summed E-state index contributed by atoms with van der Waals surface area (Å²) in [6.45, 7) is -0.0729. The predicted molar refractivity (Wildman–Crippen MR) is 110 cm³/mol. The summed E-state index contributed by atoms with van der Waals surface area (Å²) in [5, 5.41) is 4.41. The Bertz CT molecular complexity index is 1240. The highest BCUT2D eigenvalue weighted by molar-refractivity contribution is 6.05. The molecule has 1 aromatic heterocycles. The molecule has 1 fully saturated rings. The molecule has 33 heavy (non-hydrogen) atoms. The third-order valence-corrected chi connectivity index (χ3v) is 5.77. The van der Waals surface area contributed by atoms with Crippen LogP contribution in [0.1, 0.15) is 39.9 Å². The summed E-state index contributed by atoms with van der Waals surface area (Å²) >= 11 is 0. The molecule has 4 amide bonds. The number of halogens is 2. The fraction of sp³-hybridized carbons (Fsp3) is 0.318. The lowest BCUT2D eigenvalue weighted by molar-refractivity contribution is -0.147. The van der Waals surface area contributed by atoms with E-state index in [1.807, 2.05) is 0 Å². The van der Waals surface area contributed by atoms with Gasteiger partial charge in [-0.05, 0) is 29.7 Å². The molecule has 0 saturated carbocycles. The number of nitrogens with one attached hydrogen (secondary N) is 2. The standard InChI is InChI=1S/C22H20F2N4O5/c1-27-11-14(3-7-18(27)30)22(23,24)21(33)25-9-12-2-4-15-13(8-12)10-28(20(15)32)16-5-6-17(29)26-19(16)31/h2-4,7-8,11,16H,5-6,9-10H2,1H3,(H,25,33)(H,26,29,31). The Labute approximate surface area is 186 Å². The molecule has 9 nitrogen and oxygen atoms in total. The van der Waals surface area contributed by atoms with Gasteiger partial charge in [-0.25, -0.2) is 0 Å². The summed E-state index contributed by atoms with van der Waals surface area (Å²) in [5.41, 5.74) is 0.387. The van der Waals surface area contributed by atoms with Crippen LogP contribution in [0, 0.1) is 0 Å². The van der Waals surface area contributed by atoms with E-state index < -0.39 is 34.9 Å². The van der Waals surface area contributed by atoms with Crippen molar-refractivity contribution in [1.29, 1.82) is 0 Å². The molecule has 2 N–H and O–H groups in total. The van der Waals surface area contributed by atoms with Crippen LogP contribution in [0.2, 0.25) is 0 Å². The summed E-state index contributed by atoms with van der Waals surface area (Å²) in [6, 6.07) is 5.79. The SMILES string of the molecule is Cn1cc(C(F)(F)C(=O)NCc2ccc3c(c2)CN(C2CCC(=O)NC2=O)C3=O)ccc1=O. The normalized spacial score (nSPS) is 18.2. The van der Waals surface area contributed by atoms with Crippen LogP contribution in [0.5, 0.6) is 0 Å². The Kier molecular flexibility index (Phi) is 5.56. The average Bonchev–Trinajstić information content (AvgIpc) is 3.09. The molecule has 1 saturated heterocycles. The fourth-order valence-electron chi connectivity index (χ4n) is 3.94. The number of amides is 4. The summed E-state index contributed by atoms with van der Waals surface area (Å²) in [7, 11) is 1.31. The van der Waals surface area contributed by atoms with E-state index in [1.165, 1.54) is 24.1 Å². The second kappa shape index (κ2) is 8.23. The molecule has 1 unspecified atom stereocenters. The maximum absolute atomic E-state index is 14.5. The molecule has 1 atom stereocenters. The molecule has 1 aromatic carbocycles. The Balaban J connectivity index is 1.44. The van der Waals surface area contributed by atoms with Crippen LogP contribution < -0.4 is 16.2 Å². The van der Waals surface area contributed by atoms with E-state index in [0.29, 0.717) is 16.7 Å². The molecule has 0 radical (unpaired) electrons. The number of aryl methyl sites for hydroxylation is 1. The Morgan fingerprint density at radius 1 is 1.18 bits per heavy atom. The molecular weight excluding hydrogens is 438 g/mol. The van der Waals surface area contributed by atoms with Crippen molar-refractivity contribution in [2.45, 2.75) is 37.9 Å². The van der Waals surface area contributed by atoms with E-state index >= 15 is 0 Å². The van der Waals surface area contributed by atoms with Crippen molar-refractivity contribution < 1.29 is 28.0 Å². The van der Waals surface area contributed by atoms with E-state index in [1.54, 1.807) is 6.07 Å². The number of carbonyl (C=O) groups is 4. The number of hydrogen-bond acceptors (Lipinski definition) is 5. The molecule has 4 rings (SSSR count). The first-order valence-corrected chi connectivity index (χ1v) is 10.2. The highest BCUT2D eigenvalue weighted by Crippen LogP contribution is 2.29. The summed E-state index contributed by atoms with van der Waals surface area (Å²) in [4.78, 5) is 61.1. The summed E-state index contributed by atoms with van der Waals surface area (Å²) in [5.74, 6) is -6.63. The van der Waals surface area contributed by atoms with Crippen LogP contribution in [0.25, 0.3) is 0 Å². The highest BCUT2D eigenvalue weighted by Gasteiger charge is 2.41. The van der Waals surface area contributed by atoms with Crippen LogP contribution in [0.15, 0.2) is 41.3 Å². The van der Waals surface area contributed by atoms with E-state index in [-0.39, 0.29) is 37.7 Å². The summed E-state index contributed by atoms with van der Waals surface area (Å²) in [6.07, 6.45) is 1.28.